The fraction of sp³-hybridized carbons (Fsp3) is 0.500. The summed E-state index contributed by atoms with van der Waals surface area (Å²) in [4.78, 5) is 26.2. The molecule has 0 aromatic carbocycles. The zero-order valence-electron chi connectivity index (χ0n) is 10.2. The van der Waals surface area contributed by atoms with Gasteiger partial charge in [-0.25, -0.2) is 9.59 Å². The minimum absolute atomic E-state index is 0.203. The maximum atomic E-state index is 12.2. The van der Waals surface area contributed by atoms with E-state index < -0.39 is 12.0 Å². The van der Waals surface area contributed by atoms with Gasteiger partial charge in [-0.15, -0.1) is 0 Å². The van der Waals surface area contributed by atoms with Crippen LogP contribution in [-0.4, -0.2) is 46.5 Å². The second-order valence-corrected chi connectivity index (χ2v) is 5.24. The van der Waals surface area contributed by atoms with Crippen molar-refractivity contribution >= 4 is 23.3 Å². The molecule has 0 radical (unpaired) electrons. The van der Waals surface area contributed by atoms with Crippen LogP contribution in [-0.2, 0) is 11.3 Å². The van der Waals surface area contributed by atoms with E-state index in [1.807, 2.05) is 16.8 Å². The molecular formula is C12H16N2O3S. The molecule has 0 aliphatic carbocycles. The number of carboxylic acid groups (broad SMARTS) is 1. The maximum Gasteiger partial charge on any atom is 0.326 e. The van der Waals surface area contributed by atoms with Crippen molar-refractivity contribution in [2.24, 2.45) is 0 Å². The molecule has 1 atom stereocenters. The van der Waals surface area contributed by atoms with Crippen LogP contribution in [0.25, 0.3) is 0 Å². The number of hydrogen-bond donors (Lipinski definition) is 1. The first-order valence-corrected chi connectivity index (χ1v) is 6.79. The third kappa shape index (κ3) is 2.64. The van der Waals surface area contributed by atoms with E-state index in [-0.39, 0.29) is 6.03 Å². The fourth-order valence-electron chi connectivity index (χ4n) is 2.20. The van der Waals surface area contributed by atoms with E-state index in [0.717, 1.165) is 12.0 Å². The fourth-order valence-corrected chi connectivity index (χ4v) is 2.86. The number of amides is 2. The zero-order valence-corrected chi connectivity index (χ0v) is 11.0. The van der Waals surface area contributed by atoms with Crippen LogP contribution in [0.2, 0.25) is 0 Å². The van der Waals surface area contributed by atoms with E-state index in [9.17, 15) is 9.59 Å². The van der Waals surface area contributed by atoms with E-state index in [0.29, 0.717) is 19.5 Å². The number of hydrogen-bond acceptors (Lipinski definition) is 3. The Bertz CT molecular complexity index is 433. The molecule has 2 heterocycles. The Morgan fingerprint density at radius 1 is 1.61 bits per heavy atom. The highest BCUT2D eigenvalue weighted by Crippen LogP contribution is 2.20. The molecule has 1 aromatic heterocycles. The molecule has 1 saturated heterocycles. The molecule has 0 saturated carbocycles. The van der Waals surface area contributed by atoms with Crippen LogP contribution in [0.4, 0.5) is 4.79 Å². The minimum Gasteiger partial charge on any atom is -0.480 e. The summed E-state index contributed by atoms with van der Waals surface area (Å²) in [6.07, 6.45) is 1.31. The van der Waals surface area contributed by atoms with Gasteiger partial charge in [0.2, 0.25) is 0 Å². The van der Waals surface area contributed by atoms with Gasteiger partial charge in [0.25, 0.3) is 0 Å². The van der Waals surface area contributed by atoms with Gasteiger partial charge in [-0.1, -0.05) is 0 Å². The molecule has 0 bridgehead atoms. The van der Waals surface area contributed by atoms with E-state index in [2.05, 4.69) is 0 Å². The Hall–Kier alpha value is -1.56. The van der Waals surface area contributed by atoms with Gasteiger partial charge in [-0.3, -0.25) is 0 Å². The van der Waals surface area contributed by atoms with E-state index in [1.54, 1.807) is 23.3 Å². The van der Waals surface area contributed by atoms with Gasteiger partial charge in [0.05, 0.1) is 0 Å². The van der Waals surface area contributed by atoms with Crippen LogP contribution in [0, 0.1) is 0 Å². The molecule has 18 heavy (non-hydrogen) atoms. The summed E-state index contributed by atoms with van der Waals surface area (Å²) in [5, 5.41) is 13.0. The minimum atomic E-state index is -0.912. The van der Waals surface area contributed by atoms with Crippen molar-refractivity contribution in [3.8, 4) is 0 Å². The molecule has 2 amide bonds. The predicted octanol–water partition coefficient (Wildman–Crippen LogP) is 1.85. The van der Waals surface area contributed by atoms with Crippen molar-refractivity contribution in [1.82, 2.24) is 9.80 Å². The van der Waals surface area contributed by atoms with Gasteiger partial charge < -0.3 is 14.9 Å². The number of likely N-dealkylation sites (tertiary alicyclic amines) is 1. The van der Waals surface area contributed by atoms with Crippen molar-refractivity contribution in [2.45, 2.75) is 25.4 Å². The number of carboxylic acids is 1. The zero-order chi connectivity index (χ0) is 13.1. The highest BCUT2D eigenvalue weighted by atomic mass is 32.1. The molecule has 6 heteroatoms. The maximum absolute atomic E-state index is 12.2. The number of nitrogens with zero attached hydrogens (tertiary/aromatic N) is 2. The topological polar surface area (TPSA) is 60.9 Å². The summed E-state index contributed by atoms with van der Waals surface area (Å²) in [7, 11) is 1.71. The van der Waals surface area contributed by atoms with Crippen LogP contribution in [0.3, 0.4) is 0 Å². The summed E-state index contributed by atoms with van der Waals surface area (Å²) >= 11 is 1.59. The lowest BCUT2D eigenvalue weighted by molar-refractivity contribution is -0.141. The Labute approximate surface area is 110 Å². The Morgan fingerprint density at radius 3 is 3.00 bits per heavy atom. The van der Waals surface area contributed by atoms with E-state index >= 15 is 0 Å². The predicted molar refractivity (Wildman–Crippen MR) is 68.5 cm³/mol. The quantitative estimate of drug-likeness (QED) is 0.910. The average Bonchev–Trinajstić information content (AvgIpc) is 2.97. The Balaban J connectivity index is 1.99. The molecule has 98 valence electrons. The first-order chi connectivity index (χ1) is 8.59. The van der Waals surface area contributed by atoms with Gasteiger partial charge in [-0.05, 0) is 35.2 Å². The van der Waals surface area contributed by atoms with Crippen molar-refractivity contribution in [3.63, 3.8) is 0 Å². The van der Waals surface area contributed by atoms with Crippen molar-refractivity contribution in [3.05, 3.63) is 22.4 Å². The largest absolute Gasteiger partial charge is 0.480 e. The van der Waals surface area contributed by atoms with Crippen molar-refractivity contribution in [2.75, 3.05) is 13.6 Å². The smallest absolute Gasteiger partial charge is 0.326 e. The van der Waals surface area contributed by atoms with Gasteiger partial charge >= 0.3 is 12.0 Å². The second-order valence-electron chi connectivity index (χ2n) is 4.46. The lowest BCUT2D eigenvalue weighted by Crippen LogP contribution is -2.46. The Kier molecular flexibility index (Phi) is 3.86. The van der Waals surface area contributed by atoms with Crippen LogP contribution < -0.4 is 0 Å². The molecule has 1 N–H and O–H groups in total. The number of carbonyl (C=O) groups is 2. The first kappa shape index (κ1) is 12.9. The molecule has 1 aliphatic rings. The first-order valence-electron chi connectivity index (χ1n) is 5.85. The van der Waals surface area contributed by atoms with Gasteiger partial charge in [-0.2, -0.15) is 11.3 Å². The molecule has 0 spiro atoms. The third-order valence-corrected chi connectivity index (χ3v) is 3.84. The van der Waals surface area contributed by atoms with E-state index in [4.69, 9.17) is 5.11 Å². The lowest BCUT2D eigenvalue weighted by atomic mass is 10.2. The summed E-state index contributed by atoms with van der Waals surface area (Å²) < 4.78 is 0. The molecule has 0 unspecified atom stereocenters. The number of thiophene rings is 1. The summed E-state index contributed by atoms with van der Waals surface area (Å²) in [5.74, 6) is -0.912. The monoisotopic (exact) mass is 268 g/mol. The van der Waals surface area contributed by atoms with Crippen LogP contribution in [0.1, 0.15) is 18.4 Å². The SMILES string of the molecule is CN(Cc1ccsc1)C(=O)N1CCC[C@H]1C(=O)O. The summed E-state index contributed by atoms with van der Waals surface area (Å²) in [5.41, 5.74) is 1.07. The number of urea groups is 1. The van der Waals surface area contributed by atoms with Gasteiger partial charge in [0, 0.05) is 20.1 Å². The van der Waals surface area contributed by atoms with Crippen molar-refractivity contribution < 1.29 is 14.7 Å². The molecule has 1 aromatic rings. The van der Waals surface area contributed by atoms with Crippen LogP contribution >= 0.6 is 11.3 Å². The number of carbonyl (C=O) groups excluding carboxylic acids is 1. The summed E-state index contributed by atoms with van der Waals surface area (Å²) in [6, 6.07) is 1.10. The molecule has 2 rings (SSSR count). The standard InChI is InChI=1S/C12H16N2O3S/c1-13(7-9-4-6-18-8-9)12(17)14-5-2-3-10(14)11(15)16/h4,6,8,10H,2-3,5,7H2,1H3,(H,15,16)/t10-/m0/s1. The normalized spacial score (nSPS) is 18.9. The lowest BCUT2D eigenvalue weighted by Gasteiger charge is -2.27. The van der Waals surface area contributed by atoms with Crippen molar-refractivity contribution in [1.29, 1.82) is 0 Å². The van der Waals surface area contributed by atoms with Gasteiger partial charge in [0.15, 0.2) is 0 Å². The average molecular weight is 268 g/mol. The molecule has 5 nitrogen and oxygen atoms in total. The Morgan fingerprint density at radius 2 is 2.39 bits per heavy atom. The van der Waals surface area contributed by atoms with Gasteiger partial charge in [0.1, 0.15) is 6.04 Å². The summed E-state index contributed by atoms with van der Waals surface area (Å²) in [6.45, 7) is 1.05. The second kappa shape index (κ2) is 5.39. The molecule has 1 aliphatic heterocycles. The highest BCUT2D eigenvalue weighted by molar-refractivity contribution is 7.07. The number of aliphatic carboxylic acids is 1. The highest BCUT2D eigenvalue weighted by Gasteiger charge is 2.35. The van der Waals surface area contributed by atoms with Crippen LogP contribution in [0.5, 0.6) is 0 Å². The molecular weight excluding hydrogens is 252 g/mol. The third-order valence-electron chi connectivity index (χ3n) is 3.11. The molecule has 1 fully saturated rings. The van der Waals surface area contributed by atoms with Crippen LogP contribution in [0.15, 0.2) is 16.8 Å². The number of rotatable bonds is 3. The van der Waals surface area contributed by atoms with E-state index in [1.165, 1.54) is 4.90 Å².